The summed E-state index contributed by atoms with van der Waals surface area (Å²) in [7, 11) is -0.382. The lowest BCUT2D eigenvalue weighted by molar-refractivity contribution is 0.0725. The van der Waals surface area contributed by atoms with Crippen LogP contribution in [0.25, 0.3) is 0 Å². The molecule has 0 aromatic rings. The van der Waals surface area contributed by atoms with Gasteiger partial charge in [-0.3, -0.25) is 0 Å². The van der Waals surface area contributed by atoms with Gasteiger partial charge in [-0.25, -0.2) is 0 Å². The predicted octanol–water partition coefficient (Wildman–Crippen LogP) is 1.61. The summed E-state index contributed by atoms with van der Waals surface area (Å²) in [6, 6.07) is 0. The van der Waals surface area contributed by atoms with Crippen molar-refractivity contribution in [3.8, 4) is 0 Å². The molecule has 0 aromatic carbocycles. The highest BCUT2D eigenvalue weighted by molar-refractivity contribution is 6.67. The molecule has 5 nitrogen and oxygen atoms in total. The smallest absolute Gasteiger partial charge is 0.326 e. The maximum Gasteiger partial charge on any atom is 0.326 e. The third-order valence-corrected chi connectivity index (χ3v) is 9.36. The average molecular weight is 324 g/mol. The van der Waals surface area contributed by atoms with E-state index < -0.39 is 18.6 Å². The molecule has 0 rings (SSSR count). The quantitative estimate of drug-likeness (QED) is 0.688. The Morgan fingerprint density at radius 1 is 0.850 bits per heavy atom. The maximum atomic E-state index is 6.13. The van der Waals surface area contributed by atoms with Crippen LogP contribution in [-0.4, -0.2) is 50.5 Å². The second kappa shape index (κ2) is 8.62. The first kappa shape index (κ1) is 20.2. The third-order valence-electron chi connectivity index (χ3n) is 2.60. The normalized spacial score (nSPS) is 17.9. The summed E-state index contributed by atoms with van der Waals surface area (Å²) in [5.41, 5.74) is 5.31. The van der Waals surface area contributed by atoms with Crippen LogP contribution in [0.15, 0.2) is 0 Å². The Bertz CT molecular complexity index is 242. The molecule has 0 aliphatic carbocycles. The Morgan fingerprint density at radius 3 is 1.40 bits per heavy atom. The van der Waals surface area contributed by atoms with E-state index in [4.69, 9.17) is 23.4 Å². The van der Waals surface area contributed by atoms with Gasteiger partial charge < -0.3 is 23.4 Å². The number of hydrogen-bond acceptors (Lipinski definition) is 5. The minimum atomic E-state index is -1.90. The summed E-state index contributed by atoms with van der Waals surface area (Å²) >= 11 is 0. The molecule has 2 atom stereocenters. The molecule has 0 bridgehead atoms. The fraction of sp³-hybridized carbons (Fsp3) is 1.00. The Morgan fingerprint density at radius 2 is 1.20 bits per heavy atom. The van der Waals surface area contributed by atoms with E-state index in [1.165, 1.54) is 0 Å². The van der Waals surface area contributed by atoms with E-state index in [0.717, 1.165) is 6.42 Å². The molecule has 0 aliphatic heterocycles. The van der Waals surface area contributed by atoms with Gasteiger partial charge in [0.15, 0.2) is 0 Å². The van der Waals surface area contributed by atoms with Crippen LogP contribution in [-0.2, 0) is 17.7 Å². The van der Waals surface area contributed by atoms with Crippen LogP contribution in [0.3, 0.4) is 0 Å². The van der Waals surface area contributed by atoms with Crippen molar-refractivity contribution in [2.24, 2.45) is 5.73 Å². The first-order valence-corrected chi connectivity index (χ1v) is 10.4. The molecule has 0 amide bonds. The molecule has 0 aliphatic rings. The van der Waals surface area contributed by atoms with Crippen molar-refractivity contribution < 1.29 is 17.7 Å². The minimum absolute atomic E-state index is 0.188. The van der Waals surface area contributed by atoms with E-state index in [-0.39, 0.29) is 16.4 Å². The molecule has 0 saturated heterocycles. The fourth-order valence-electron chi connectivity index (χ4n) is 1.91. The molecule has 20 heavy (non-hydrogen) atoms. The molecule has 2 unspecified atom stereocenters. The Balaban J connectivity index is 5.04. The molecule has 0 spiro atoms. The molecule has 0 radical (unpaired) electrons. The second-order valence-electron chi connectivity index (χ2n) is 6.91. The zero-order valence-corrected chi connectivity index (χ0v) is 16.7. The summed E-state index contributed by atoms with van der Waals surface area (Å²) < 4.78 is 23.6. The van der Waals surface area contributed by atoms with Crippen molar-refractivity contribution in [1.29, 1.82) is 0 Å². The zero-order chi connectivity index (χ0) is 16.0. The van der Waals surface area contributed by atoms with Gasteiger partial charge in [0.1, 0.15) is 0 Å². The summed E-state index contributed by atoms with van der Waals surface area (Å²) in [6.07, 6.45) is 0.821. The third kappa shape index (κ3) is 8.50. The SMILES string of the molecule is CO[SiH](OC(C)(C)C)C(CCN)[SiH](OC)OC(C)(C)C. The van der Waals surface area contributed by atoms with Gasteiger partial charge in [-0.15, -0.1) is 0 Å². The van der Waals surface area contributed by atoms with Crippen molar-refractivity contribution >= 4 is 18.6 Å². The zero-order valence-electron chi connectivity index (χ0n) is 14.4. The van der Waals surface area contributed by atoms with Crippen LogP contribution in [0.4, 0.5) is 0 Å². The molecule has 0 heterocycles. The predicted molar refractivity (Wildman–Crippen MR) is 87.4 cm³/mol. The van der Waals surface area contributed by atoms with Gasteiger partial charge in [-0.1, -0.05) is 0 Å². The first-order chi connectivity index (χ1) is 9.04. The Kier molecular flexibility index (Phi) is 8.72. The molecular weight excluding hydrogens is 290 g/mol. The van der Waals surface area contributed by atoms with Crippen LogP contribution in [0.2, 0.25) is 5.16 Å². The summed E-state index contributed by atoms with van der Waals surface area (Å²) in [6.45, 7) is 12.8. The lowest BCUT2D eigenvalue weighted by Gasteiger charge is -2.35. The van der Waals surface area contributed by atoms with Gasteiger partial charge >= 0.3 is 18.6 Å². The highest BCUT2D eigenvalue weighted by atomic mass is 28.4. The number of hydrogen-bond donors (Lipinski definition) is 1. The first-order valence-electron chi connectivity index (χ1n) is 7.15. The molecule has 2 N–H and O–H groups in total. The highest BCUT2D eigenvalue weighted by Crippen LogP contribution is 2.27. The summed E-state index contributed by atoms with van der Waals surface area (Å²) in [4.78, 5) is 0. The number of nitrogens with two attached hydrogens (primary N) is 1. The van der Waals surface area contributed by atoms with Gasteiger partial charge in [0.2, 0.25) is 0 Å². The van der Waals surface area contributed by atoms with E-state index in [0.29, 0.717) is 6.54 Å². The van der Waals surface area contributed by atoms with Gasteiger partial charge in [-0.2, -0.15) is 0 Å². The maximum absolute atomic E-state index is 6.13. The fourth-order valence-corrected chi connectivity index (χ4v) is 7.92. The van der Waals surface area contributed by atoms with Crippen molar-refractivity contribution in [2.45, 2.75) is 64.3 Å². The largest absolute Gasteiger partial charge is 0.400 e. The highest BCUT2D eigenvalue weighted by Gasteiger charge is 2.39. The van der Waals surface area contributed by atoms with Crippen LogP contribution in [0.1, 0.15) is 48.0 Å². The monoisotopic (exact) mass is 323 g/mol. The average Bonchev–Trinajstić information content (AvgIpc) is 2.28. The van der Waals surface area contributed by atoms with Crippen LogP contribution in [0, 0.1) is 0 Å². The molecule has 0 saturated carbocycles. The minimum Gasteiger partial charge on any atom is -0.400 e. The van der Waals surface area contributed by atoms with E-state index in [1.807, 2.05) is 41.5 Å². The second-order valence-corrected chi connectivity index (χ2v) is 12.3. The van der Waals surface area contributed by atoms with E-state index >= 15 is 0 Å². The lowest BCUT2D eigenvalue weighted by Crippen LogP contribution is -2.47. The van der Waals surface area contributed by atoms with E-state index in [1.54, 1.807) is 14.2 Å². The van der Waals surface area contributed by atoms with E-state index in [2.05, 4.69) is 0 Å². The molecule has 0 aromatic heterocycles. The van der Waals surface area contributed by atoms with Crippen molar-refractivity contribution in [3.05, 3.63) is 0 Å². The molecule has 7 heteroatoms. The topological polar surface area (TPSA) is 62.9 Å². The summed E-state index contributed by atoms with van der Waals surface area (Å²) in [5, 5.41) is 0.188. The van der Waals surface area contributed by atoms with Gasteiger partial charge in [0.05, 0.1) is 0 Å². The van der Waals surface area contributed by atoms with Crippen molar-refractivity contribution in [1.82, 2.24) is 0 Å². The van der Waals surface area contributed by atoms with Crippen LogP contribution < -0.4 is 5.73 Å². The van der Waals surface area contributed by atoms with Gasteiger partial charge in [-0.05, 0) is 54.5 Å². The van der Waals surface area contributed by atoms with Crippen molar-refractivity contribution in [3.63, 3.8) is 0 Å². The lowest BCUT2D eigenvalue weighted by atomic mass is 10.2. The molecular formula is C13H33NO4Si2. The van der Waals surface area contributed by atoms with Crippen molar-refractivity contribution in [2.75, 3.05) is 20.8 Å². The standard InChI is InChI=1S/C13H33NO4Si2/c1-12(2,3)17-19(15-7)11(9-10-14)20(16-8)18-13(4,5)6/h11,19-20H,9-10,14H2,1-8H3. The van der Waals surface area contributed by atoms with Gasteiger partial charge in [0, 0.05) is 30.6 Å². The van der Waals surface area contributed by atoms with Crippen LogP contribution in [0.5, 0.6) is 0 Å². The van der Waals surface area contributed by atoms with E-state index in [9.17, 15) is 0 Å². The molecule has 0 fully saturated rings. The Labute approximate surface area is 127 Å². The number of rotatable bonds is 8. The molecule has 122 valence electrons. The Hall–Kier alpha value is 0.234. The summed E-state index contributed by atoms with van der Waals surface area (Å²) in [5.74, 6) is 0. The van der Waals surface area contributed by atoms with Crippen LogP contribution >= 0.6 is 0 Å². The van der Waals surface area contributed by atoms with Gasteiger partial charge in [0.25, 0.3) is 0 Å².